The van der Waals surface area contributed by atoms with Gasteiger partial charge in [0.25, 0.3) is 0 Å². The van der Waals surface area contributed by atoms with Crippen LogP contribution in [0.3, 0.4) is 0 Å². The number of carbonyl (C=O) groups excluding carboxylic acids is 1. The Hall–Kier alpha value is -1.42. The largest absolute Gasteiger partial charge is 0.389 e. The second-order valence-corrected chi connectivity index (χ2v) is 4.83. The molecule has 0 radical (unpaired) electrons. The second kappa shape index (κ2) is 5.27. The van der Waals surface area contributed by atoms with Crippen LogP contribution in [-0.2, 0) is 11.2 Å². The van der Waals surface area contributed by atoms with Gasteiger partial charge in [-0.3, -0.25) is 4.79 Å². The fourth-order valence-electron chi connectivity index (χ4n) is 1.61. The van der Waals surface area contributed by atoms with E-state index in [4.69, 9.17) is 0 Å². The van der Waals surface area contributed by atoms with Gasteiger partial charge in [-0.25, -0.2) is 4.39 Å². The van der Waals surface area contributed by atoms with E-state index in [0.717, 1.165) is 0 Å². The van der Waals surface area contributed by atoms with E-state index < -0.39 is 5.60 Å². The highest BCUT2D eigenvalue weighted by Crippen LogP contribution is 2.10. The number of halogens is 1. The molecular formula is C13H18FNO2. The van der Waals surface area contributed by atoms with Gasteiger partial charge >= 0.3 is 0 Å². The Balaban J connectivity index is 2.64. The van der Waals surface area contributed by atoms with Gasteiger partial charge in [0.1, 0.15) is 5.82 Å². The van der Waals surface area contributed by atoms with E-state index in [0.29, 0.717) is 5.56 Å². The van der Waals surface area contributed by atoms with Gasteiger partial charge in [-0.2, -0.15) is 0 Å². The van der Waals surface area contributed by atoms with Crippen molar-refractivity contribution in [3.05, 3.63) is 35.6 Å². The summed E-state index contributed by atoms with van der Waals surface area (Å²) in [4.78, 5) is 13.2. The third kappa shape index (κ3) is 4.53. The first-order valence-corrected chi connectivity index (χ1v) is 5.49. The SMILES string of the molecule is CN(CC(C)(C)O)C(=O)Cc1ccccc1F. The average Bonchev–Trinajstić information content (AvgIpc) is 2.18. The topological polar surface area (TPSA) is 40.5 Å². The van der Waals surface area contributed by atoms with E-state index in [1.165, 1.54) is 11.0 Å². The van der Waals surface area contributed by atoms with Gasteiger partial charge in [0.2, 0.25) is 5.91 Å². The molecule has 94 valence electrons. The van der Waals surface area contributed by atoms with Crippen molar-refractivity contribution in [2.24, 2.45) is 0 Å². The molecule has 0 aliphatic rings. The maximum Gasteiger partial charge on any atom is 0.226 e. The zero-order chi connectivity index (χ0) is 13.1. The molecule has 0 bridgehead atoms. The second-order valence-electron chi connectivity index (χ2n) is 4.83. The fourth-order valence-corrected chi connectivity index (χ4v) is 1.61. The van der Waals surface area contributed by atoms with Crippen LogP contribution in [0.4, 0.5) is 4.39 Å². The van der Waals surface area contributed by atoms with Gasteiger partial charge in [0.05, 0.1) is 12.0 Å². The molecule has 0 saturated heterocycles. The van der Waals surface area contributed by atoms with Crippen molar-refractivity contribution in [3.63, 3.8) is 0 Å². The van der Waals surface area contributed by atoms with Crippen molar-refractivity contribution >= 4 is 5.91 Å². The van der Waals surface area contributed by atoms with Crippen LogP contribution in [0.2, 0.25) is 0 Å². The lowest BCUT2D eigenvalue weighted by molar-refractivity contribution is -0.131. The zero-order valence-corrected chi connectivity index (χ0v) is 10.4. The average molecular weight is 239 g/mol. The van der Waals surface area contributed by atoms with Crippen molar-refractivity contribution in [1.29, 1.82) is 0 Å². The van der Waals surface area contributed by atoms with Gasteiger partial charge < -0.3 is 10.0 Å². The summed E-state index contributed by atoms with van der Waals surface area (Å²) < 4.78 is 13.3. The van der Waals surface area contributed by atoms with E-state index >= 15 is 0 Å². The summed E-state index contributed by atoms with van der Waals surface area (Å²) in [6, 6.07) is 6.20. The highest BCUT2D eigenvalue weighted by Gasteiger charge is 2.20. The third-order valence-electron chi connectivity index (χ3n) is 2.35. The molecule has 0 saturated carbocycles. The maximum absolute atomic E-state index is 13.3. The molecule has 1 N–H and O–H groups in total. The van der Waals surface area contributed by atoms with E-state index in [2.05, 4.69) is 0 Å². The van der Waals surface area contributed by atoms with Crippen LogP contribution in [0.25, 0.3) is 0 Å². The standard InChI is InChI=1S/C13H18FNO2/c1-13(2,17)9-15(3)12(16)8-10-6-4-5-7-11(10)14/h4-7,17H,8-9H2,1-3H3. The zero-order valence-electron chi connectivity index (χ0n) is 10.4. The molecule has 0 heterocycles. The number of benzene rings is 1. The quantitative estimate of drug-likeness (QED) is 0.867. The van der Waals surface area contributed by atoms with E-state index in [9.17, 15) is 14.3 Å². The molecule has 0 spiro atoms. The molecule has 1 aromatic carbocycles. The molecule has 0 fully saturated rings. The molecule has 1 aromatic rings. The summed E-state index contributed by atoms with van der Waals surface area (Å²) in [5.41, 5.74) is -0.570. The lowest BCUT2D eigenvalue weighted by atomic mass is 10.1. The van der Waals surface area contributed by atoms with E-state index in [1.807, 2.05) is 0 Å². The summed E-state index contributed by atoms with van der Waals surface area (Å²) >= 11 is 0. The Bertz CT molecular complexity index is 399. The number of likely N-dealkylation sites (N-methyl/N-ethyl adjacent to an activating group) is 1. The number of rotatable bonds is 4. The Morgan fingerprint density at radius 2 is 2.00 bits per heavy atom. The molecule has 0 aromatic heterocycles. The first-order valence-electron chi connectivity index (χ1n) is 5.49. The highest BCUT2D eigenvalue weighted by atomic mass is 19.1. The first-order chi connectivity index (χ1) is 7.79. The van der Waals surface area contributed by atoms with Crippen molar-refractivity contribution < 1.29 is 14.3 Å². The van der Waals surface area contributed by atoms with Crippen LogP contribution >= 0.6 is 0 Å². The Kier molecular flexibility index (Phi) is 4.23. The number of hydrogen-bond acceptors (Lipinski definition) is 2. The van der Waals surface area contributed by atoms with Crippen LogP contribution < -0.4 is 0 Å². The van der Waals surface area contributed by atoms with Crippen molar-refractivity contribution in [2.75, 3.05) is 13.6 Å². The smallest absolute Gasteiger partial charge is 0.226 e. The molecular weight excluding hydrogens is 221 g/mol. The van der Waals surface area contributed by atoms with Crippen LogP contribution in [-0.4, -0.2) is 35.1 Å². The molecule has 1 amide bonds. The minimum atomic E-state index is -0.945. The number of carbonyl (C=O) groups is 1. The van der Waals surface area contributed by atoms with E-state index in [-0.39, 0.29) is 24.7 Å². The van der Waals surface area contributed by atoms with Crippen molar-refractivity contribution in [1.82, 2.24) is 4.90 Å². The number of aliphatic hydroxyl groups is 1. The summed E-state index contributed by atoms with van der Waals surface area (Å²) in [5.74, 6) is -0.588. The van der Waals surface area contributed by atoms with Gasteiger partial charge in [-0.05, 0) is 25.5 Å². The fraction of sp³-hybridized carbons (Fsp3) is 0.462. The Morgan fingerprint density at radius 1 is 1.41 bits per heavy atom. The number of amides is 1. The monoisotopic (exact) mass is 239 g/mol. The number of hydrogen-bond donors (Lipinski definition) is 1. The summed E-state index contributed by atoms with van der Waals surface area (Å²) in [6.45, 7) is 3.47. The summed E-state index contributed by atoms with van der Waals surface area (Å²) in [7, 11) is 1.60. The molecule has 4 heteroatoms. The predicted molar refractivity (Wildman–Crippen MR) is 64.0 cm³/mol. The third-order valence-corrected chi connectivity index (χ3v) is 2.35. The molecule has 0 aliphatic heterocycles. The lowest BCUT2D eigenvalue weighted by Crippen LogP contribution is -2.40. The molecule has 0 unspecified atom stereocenters. The number of nitrogens with zero attached hydrogens (tertiary/aromatic N) is 1. The molecule has 0 aliphatic carbocycles. The van der Waals surface area contributed by atoms with Crippen LogP contribution in [0, 0.1) is 5.82 Å². The van der Waals surface area contributed by atoms with Crippen molar-refractivity contribution in [3.8, 4) is 0 Å². The Morgan fingerprint density at radius 3 is 2.53 bits per heavy atom. The summed E-state index contributed by atoms with van der Waals surface area (Å²) in [6.07, 6.45) is 0.0131. The van der Waals surface area contributed by atoms with Gasteiger partial charge in [0, 0.05) is 13.6 Å². The van der Waals surface area contributed by atoms with Crippen LogP contribution in [0.5, 0.6) is 0 Å². The van der Waals surface area contributed by atoms with Gasteiger partial charge in [-0.15, -0.1) is 0 Å². The predicted octanol–water partition coefficient (Wildman–Crippen LogP) is 1.60. The van der Waals surface area contributed by atoms with Crippen molar-refractivity contribution in [2.45, 2.75) is 25.9 Å². The minimum Gasteiger partial charge on any atom is -0.389 e. The Labute approximate surface area is 101 Å². The molecule has 0 atom stereocenters. The van der Waals surface area contributed by atoms with Gasteiger partial charge in [-0.1, -0.05) is 18.2 Å². The molecule has 17 heavy (non-hydrogen) atoms. The normalized spacial score (nSPS) is 11.4. The summed E-state index contributed by atoms with van der Waals surface area (Å²) in [5, 5.41) is 9.59. The van der Waals surface area contributed by atoms with Crippen LogP contribution in [0.15, 0.2) is 24.3 Å². The first kappa shape index (κ1) is 13.6. The lowest BCUT2D eigenvalue weighted by Gasteiger charge is -2.25. The van der Waals surface area contributed by atoms with Crippen LogP contribution in [0.1, 0.15) is 19.4 Å². The molecule has 1 rings (SSSR count). The molecule has 3 nitrogen and oxygen atoms in total. The highest BCUT2D eigenvalue weighted by molar-refractivity contribution is 5.78. The minimum absolute atomic E-state index is 0.0131. The van der Waals surface area contributed by atoms with E-state index in [1.54, 1.807) is 39.1 Å². The van der Waals surface area contributed by atoms with Gasteiger partial charge in [0.15, 0.2) is 0 Å². The maximum atomic E-state index is 13.3.